The summed E-state index contributed by atoms with van der Waals surface area (Å²) in [5.74, 6) is 1.40. The zero-order valence-electron chi connectivity index (χ0n) is 25.6. The first kappa shape index (κ1) is 26.7. The number of para-hydroxylation sites is 2. The average Bonchev–Trinajstić information content (AvgIpc) is 3.73. The third-order valence-corrected chi connectivity index (χ3v) is 9.22. The standard InChI is InChI=1S/C42H26N4O2/c1-3-10-25(11-4-1)40-44-41(26-12-5-2-6-13-26)46-42(45-40)33-19-18-32(31-16-9-15-30-29-14-7-8-17-35(29)47-38(30)31)39-37(33)34-22-27-20-21-43-24-28(27)23-36(34)48-39/h1-24,40H,(H,44,45,46). The van der Waals surface area contributed by atoms with E-state index in [1.165, 1.54) is 0 Å². The number of nitrogens with one attached hydrogen (secondary N) is 1. The lowest BCUT2D eigenvalue weighted by Crippen LogP contribution is -2.33. The van der Waals surface area contributed by atoms with Gasteiger partial charge in [0.05, 0.1) is 0 Å². The molecule has 0 aliphatic carbocycles. The number of hydrogen-bond donors (Lipinski definition) is 1. The van der Waals surface area contributed by atoms with Crippen LogP contribution in [0.1, 0.15) is 22.9 Å². The Balaban J connectivity index is 1.26. The monoisotopic (exact) mass is 618 g/mol. The van der Waals surface area contributed by atoms with E-state index in [1.54, 1.807) is 0 Å². The number of furan rings is 2. The largest absolute Gasteiger partial charge is 0.455 e. The summed E-state index contributed by atoms with van der Waals surface area (Å²) in [6.07, 6.45) is 3.38. The van der Waals surface area contributed by atoms with Gasteiger partial charge in [0.1, 0.15) is 34.3 Å². The van der Waals surface area contributed by atoms with Gasteiger partial charge in [0.2, 0.25) is 0 Å². The SMILES string of the molecule is c1ccc(C2=NC(c3ccccc3)NC(c3ccc(-c4cccc5c4oc4ccccc45)c4oc5cc6cnccc6cc5c34)=N2)cc1. The molecule has 1 aliphatic heterocycles. The highest BCUT2D eigenvalue weighted by Gasteiger charge is 2.26. The van der Waals surface area contributed by atoms with Gasteiger partial charge in [0, 0.05) is 61.6 Å². The number of pyridine rings is 1. The lowest BCUT2D eigenvalue weighted by molar-refractivity contribution is 0.665. The van der Waals surface area contributed by atoms with Crippen molar-refractivity contribution in [1.82, 2.24) is 10.3 Å². The van der Waals surface area contributed by atoms with E-state index >= 15 is 0 Å². The Labute approximate surface area is 274 Å². The highest BCUT2D eigenvalue weighted by Crippen LogP contribution is 2.43. The molecule has 0 fully saturated rings. The molecule has 9 aromatic rings. The molecule has 3 aromatic heterocycles. The van der Waals surface area contributed by atoms with E-state index < -0.39 is 0 Å². The summed E-state index contributed by atoms with van der Waals surface area (Å²) < 4.78 is 13.3. The van der Waals surface area contributed by atoms with Crippen molar-refractivity contribution in [2.45, 2.75) is 6.17 Å². The Morgan fingerprint density at radius 1 is 0.562 bits per heavy atom. The van der Waals surface area contributed by atoms with Crippen molar-refractivity contribution >= 4 is 66.3 Å². The molecular weight excluding hydrogens is 592 g/mol. The van der Waals surface area contributed by atoms with E-state index in [-0.39, 0.29) is 6.17 Å². The van der Waals surface area contributed by atoms with Crippen LogP contribution in [0.15, 0.2) is 165 Å². The summed E-state index contributed by atoms with van der Waals surface area (Å²) >= 11 is 0. The quantitative estimate of drug-likeness (QED) is 0.213. The van der Waals surface area contributed by atoms with Crippen molar-refractivity contribution in [3.63, 3.8) is 0 Å². The van der Waals surface area contributed by atoms with Gasteiger partial charge in [0.25, 0.3) is 0 Å². The summed E-state index contributed by atoms with van der Waals surface area (Å²) in [6.45, 7) is 0. The minimum absolute atomic E-state index is 0.321. The molecule has 48 heavy (non-hydrogen) atoms. The normalized spacial score (nSPS) is 14.9. The number of benzene rings is 6. The van der Waals surface area contributed by atoms with Crippen molar-refractivity contribution in [2.75, 3.05) is 0 Å². The van der Waals surface area contributed by atoms with Crippen molar-refractivity contribution in [2.24, 2.45) is 9.98 Å². The minimum atomic E-state index is -0.321. The van der Waals surface area contributed by atoms with Gasteiger partial charge in [0.15, 0.2) is 5.84 Å². The Hall–Kier alpha value is -6.53. The molecular formula is C42H26N4O2. The van der Waals surface area contributed by atoms with Crippen molar-refractivity contribution in [1.29, 1.82) is 0 Å². The van der Waals surface area contributed by atoms with Gasteiger partial charge in [-0.05, 0) is 47.3 Å². The predicted molar refractivity (Wildman–Crippen MR) is 194 cm³/mol. The van der Waals surface area contributed by atoms with Crippen LogP contribution in [0.25, 0.3) is 65.8 Å². The number of rotatable bonds is 4. The van der Waals surface area contributed by atoms with Crippen molar-refractivity contribution < 1.29 is 8.83 Å². The van der Waals surface area contributed by atoms with Crippen LogP contribution < -0.4 is 5.32 Å². The molecule has 1 atom stereocenters. The highest BCUT2D eigenvalue weighted by molar-refractivity contribution is 6.25. The number of aliphatic imine (C=N–C) groups is 2. The zero-order chi connectivity index (χ0) is 31.6. The summed E-state index contributed by atoms with van der Waals surface area (Å²) in [7, 11) is 0. The first-order valence-electron chi connectivity index (χ1n) is 16.0. The molecule has 1 unspecified atom stereocenters. The summed E-state index contributed by atoms with van der Waals surface area (Å²) in [5.41, 5.74) is 8.10. The lowest BCUT2D eigenvalue weighted by Gasteiger charge is -2.24. The number of nitrogens with zero attached hydrogens (tertiary/aromatic N) is 3. The molecule has 0 radical (unpaired) electrons. The molecule has 0 amide bonds. The molecule has 6 heteroatoms. The maximum atomic E-state index is 6.84. The smallest absolute Gasteiger partial charge is 0.159 e. The molecule has 6 aromatic carbocycles. The second-order valence-electron chi connectivity index (χ2n) is 12.1. The summed E-state index contributed by atoms with van der Waals surface area (Å²) in [6, 6.07) is 45.5. The second kappa shape index (κ2) is 10.5. The van der Waals surface area contributed by atoms with E-state index in [0.29, 0.717) is 5.84 Å². The Bertz CT molecular complexity index is 2760. The van der Waals surface area contributed by atoms with E-state index in [9.17, 15) is 0 Å². The third kappa shape index (κ3) is 4.16. The van der Waals surface area contributed by atoms with Crippen LogP contribution in [0.2, 0.25) is 0 Å². The van der Waals surface area contributed by atoms with Crippen LogP contribution in [0, 0.1) is 0 Å². The fourth-order valence-electron chi connectivity index (χ4n) is 6.94. The van der Waals surface area contributed by atoms with Gasteiger partial charge in [-0.1, -0.05) is 97.1 Å². The summed E-state index contributed by atoms with van der Waals surface area (Å²) in [4.78, 5) is 14.6. The molecule has 0 bridgehead atoms. The molecule has 4 heterocycles. The lowest BCUT2D eigenvalue weighted by atomic mass is 9.95. The Morgan fingerprint density at radius 2 is 1.31 bits per heavy atom. The number of fused-ring (bicyclic) bond motifs is 7. The fourth-order valence-corrected chi connectivity index (χ4v) is 6.94. The highest BCUT2D eigenvalue weighted by atomic mass is 16.3. The van der Waals surface area contributed by atoms with Crippen LogP contribution in [0.3, 0.4) is 0 Å². The molecule has 0 saturated heterocycles. The van der Waals surface area contributed by atoms with Gasteiger partial charge < -0.3 is 14.2 Å². The number of hydrogen-bond acceptors (Lipinski definition) is 6. The van der Waals surface area contributed by atoms with Crippen molar-refractivity contribution in [3.8, 4) is 11.1 Å². The second-order valence-corrected chi connectivity index (χ2v) is 12.1. The topological polar surface area (TPSA) is 75.9 Å². The van der Waals surface area contributed by atoms with Gasteiger partial charge >= 0.3 is 0 Å². The molecule has 10 rings (SSSR count). The maximum absolute atomic E-state index is 6.84. The average molecular weight is 619 g/mol. The number of aromatic nitrogens is 1. The van der Waals surface area contributed by atoms with Gasteiger partial charge in [-0.15, -0.1) is 0 Å². The number of amidine groups is 2. The molecule has 0 saturated carbocycles. The molecule has 6 nitrogen and oxygen atoms in total. The van der Waals surface area contributed by atoms with Crippen LogP contribution in [0.5, 0.6) is 0 Å². The Kier molecular flexibility index (Phi) is 5.84. The van der Waals surface area contributed by atoms with Crippen LogP contribution in [-0.4, -0.2) is 16.7 Å². The van der Waals surface area contributed by atoms with E-state index in [4.69, 9.17) is 18.8 Å². The molecule has 0 spiro atoms. The maximum Gasteiger partial charge on any atom is 0.159 e. The first-order chi connectivity index (χ1) is 23.8. The molecule has 1 aliphatic rings. The predicted octanol–water partition coefficient (Wildman–Crippen LogP) is 10.2. The van der Waals surface area contributed by atoms with E-state index in [0.717, 1.165) is 88.3 Å². The van der Waals surface area contributed by atoms with Gasteiger partial charge in [-0.3, -0.25) is 4.98 Å². The molecule has 1 N–H and O–H groups in total. The van der Waals surface area contributed by atoms with Crippen molar-refractivity contribution in [3.05, 3.63) is 163 Å². The minimum Gasteiger partial charge on any atom is -0.455 e. The van der Waals surface area contributed by atoms with Gasteiger partial charge in [-0.25, -0.2) is 9.98 Å². The summed E-state index contributed by atoms with van der Waals surface area (Å²) in [5, 5.41) is 9.91. The first-order valence-corrected chi connectivity index (χ1v) is 16.0. The van der Waals surface area contributed by atoms with Crippen LogP contribution >= 0.6 is 0 Å². The van der Waals surface area contributed by atoms with Gasteiger partial charge in [-0.2, -0.15) is 0 Å². The van der Waals surface area contributed by atoms with E-state index in [1.807, 2.05) is 85.2 Å². The fraction of sp³-hybridized carbons (Fsp3) is 0.0238. The Morgan fingerprint density at radius 3 is 2.21 bits per heavy atom. The van der Waals surface area contributed by atoms with Crippen LogP contribution in [-0.2, 0) is 0 Å². The van der Waals surface area contributed by atoms with Crippen LogP contribution in [0.4, 0.5) is 0 Å². The zero-order valence-corrected chi connectivity index (χ0v) is 25.6. The third-order valence-electron chi connectivity index (χ3n) is 9.22. The van der Waals surface area contributed by atoms with E-state index in [2.05, 4.69) is 71.0 Å². The molecule has 226 valence electrons.